The molecule has 2 aromatic heterocycles. The lowest BCUT2D eigenvalue weighted by Gasteiger charge is -2.41. The second kappa shape index (κ2) is 14.6. The van der Waals surface area contributed by atoms with Crippen molar-refractivity contribution in [3.63, 3.8) is 0 Å². The smallest absolute Gasteiger partial charge is 0.417 e. The second-order valence-corrected chi connectivity index (χ2v) is 17.5. The highest BCUT2D eigenvalue weighted by atomic mass is 28.3. The number of nitrogens with two attached hydrogens (primary N) is 1. The van der Waals surface area contributed by atoms with Crippen molar-refractivity contribution < 1.29 is 48.2 Å². The average molecular weight is 661 g/mol. The zero-order valence-electron chi connectivity index (χ0n) is 26.0. The van der Waals surface area contributed by atoms with Crippen molar-refractivity contribution in [3.05, 3.63) is 77.3 Å². The second-order valence-electron chi connectivity index (χ2n) is 11.9. The maximum absolute atomic E-state index is 15.3. The average Bonchev–Trinajstić information content (AvgIpc) is 3.34. The van der Waals surface area contributed by atoms with Gasteiger partial charge in [-0.15, -0.1) is 0 Å². The number of halogens is 2. The molecular formula is C31H38F2N4O8Si. The van der Waals surface area contributed by atoms with E-state index in [1.165, 1.54) is 36.5 Å². The van der Waals surface area contributed by atoms with E-state index in [9.17, 15) is 10.0 Å². The fourth-order valence-corrected chi connectivity index (χ4v) is 5.60. The topological polar surface area (TPSA) is 164 Å². The lowest BCUT2D eigenvalue weighted by molar-refractivity contribution is -0.497. The van der Waals surface area contributed by atoms with Crippen LogP contribution in [0.25, 0.3) is 11.0 Å². The van der Waals surface area contributed by atoms with E-state index in [4.69, 9.17) is 23.7 Å². The minimum absolute atomic E-state index is 0. The van der Waals surface area contributed by atoms with E-state index < -0.39 is 37.2 Å². The van der Waals surface area contributed by atoms with Crippen molar-refractivity contribution in [2.75, 3.05) is 31.7 Å². The number of anilines is 1. The first kappa shape index (κ1) is 34.9. The third kappa shape index (κ3) is 7.87. The predicted molar refractivity (Wildman–Crippen MR) is 169 cm³/mol. The summed E-state index contributed by atoms with van der Waals surface area (Å²) in [5.41, 5.74) is 1.30. The maximum atomic E-state index is 15.3. The molecule has 1 aliphatic rings. The van der Waals surface area contributed by atoms with Gasteiger partial charge in [-0.05, 0) is 31.2 Å². The molecule has 1 saturated heterocycles. The fraction of sp³-hybridized carbons (Fsp3) is 0.355. The molecule has 0 spiro atoms. The molecule has 12 nitrogen and oxygen atoms in total. The summed E-state index contributed by atoms with van der Waals surface area (Å²) in [6.45, 7) is 10.5. The van der Waals surface area contributed by atoms with Gasteiger partial charge in [0.15, 0.2) is 17.4 Å². The molecule has 0 unspecified atom stereocenters. The minimum atomic E-state index is -1.30. The van der Waals surface area contributed by atoms with Crippen molar-refractivity contribution in [1.82, 2.24) is 9.55 Å². The molecule has 0 atom stereocenters. The van der Waals surface area contributed by atoms with Gasteiger partial charge in [-0.3, -0.25) is 5.32 Å². The molecule has 0 radical (unpaired) electrons. The van der Waals surface area contributed by atoms with E-state index in [0.717, 1.165) is 18.2 Å². The van der Waals surface area contributed by atoms with Crippen LogP contribution in [-0.2, 0) is 26.5 Å². The largest absolute Gasteiger partial charge is 0.630 e. The van der Waals surface area contributed by atoms with E-state index in [1.807, 2.05) is 17.7 Å². The SMILES string of the molecule is CCOC1(c2cn(COCC[Si](C)(C)C)c3nccc(Oc4c(F)cc(NC(=O)Oc5ccc([NH2+][O-])cc5)cc4F)c23)COC1.O. The molecule has 1 amide bonds. The number of ether oxygens (including phenoxy) is 5. The summed E-state index contributed by atoms with van der Waals surface area (Å²) in [4.78, 5) is 16.9. The van der Waals surface area contributed by atoms with E-state index >= 15 is 8.78 Å². The molecule has 248 valence electrons. The molecule has 0 bridgehead atoms. The van der Waals surface area contributed by atoms with E-state index in [0.29, 0.717) is 54.2 Å². The lowest BCUT2D eigenvalue weighted by Crippen LogP contribution is -2.70. The van der Waals surface area contributed by atoms with Gasteiger partial charge < -0.3 is 44.4 Å². The zero-order valence-corrected chi connectivity index (χ0v) is 27.0. The van der Waals surface area contributed by atoms with Gasteiger partial charge in [0.25, 0.3) is 0 Å². The predicted octanol–water partition coefficient (Wildman–Crippen LogP) is 5.16. The first-order valence-electron chi connectivity index (χ1n) is 14.5. The first-order valence-corrected chi connectivity index (χ1v) is 18.2. The number of benzene rings is 2. The van der Waals surface area contributed by atoms with Gasteiger partial charge in [-0.1, -0.05) is 19.6 Å². The third-order valence-corrected chi connectivity index (χ3v) is 8.92. The number of pyridine rings is 1. The van der Waals surface area contributed by atoms with Crippen LogP contribution >= 0.6 is 0 Å². The highest BCUT2D eigenvalue weighted by molar-refractivity contribution is 6.76. The summed E-state index contributed by atoms with van der Waals surface area (Å²) >= 11 is 0. The number of hydrogen-bond donors (Lipinski definition) is 2. The van der Waals surface area contributed by atoms with Crippen LogP contribution in [0.5, 0.6) is 17.2 Å². The zero-order chi connectivity index (χ0) is 32.2. The number of nitrogens with zero attached hydrogens (tertiary/aromatic N) is 2. The first-order chi connectivity index (χ1) is 21.5. The Morgan fingerprint density at radius 2 is 1.85 bits per heavy atom. The van der Waals surface area contributed by atoms with E-state index in [2.05, 4.69) is 29.9 Å². The van der Waals surface area contributed by atoms with Crippen LogP contribution in [0.2, 0.25) is 25.7 Å². The number of hydrogen-bond acceptors (Lipinski definition) is 8. The van der Waals surface area contributed by atoms with Crippen LogP contribution in [0.4, 0.5) is 25.0 Å². The maximum Gasteiger partial charge on any atom is 0.417 e. The fourth-order valence-electron chi connectivity index (χ4n) is 4.84. The minimum Gasteiger partial charge on any atom is -0.630 e. The summed E-state index contributed by atoms with van der Waals surface area (Å²) in [5, 5.41) is 13.6. The van der Waals surface area contributed by atoms with Crippen LogP contribution in [0.1, 0.15) is 12.5 Å². The van der Waals surface area contributed by atoms with Crippen LogP contribution in [0.3, 0.4) is 0 Å². The number of quaternary nitrogens is 1. The van der Waals surface area contributed by atoms with Gasteiger partial charge in [-0.25, -0.2) is 18.6 Å². The Morgan fingerprint density at radius 3 is 2.43 bits per heavy atom. The molecule has 46 heavy (non-hydrogen) atoms. The van der Waals surface area contributed by atoms with E-state index in [-0.39, 0.29) is 29.4 Å². The Kier molecular flexibility index (Phi) is 11.1. The van der Waals surface area contributed by atoms with Crippen LogP contribution in [-0.4, -0.2) is 55.6 Å². The normalized spacial score (nSPS) is 14.0. The number of fused-ring (bicyclic) bond motifs is 1. The number of nitrogens with one attached hydrogen (secondary N) is 1. The van der Waals surface area contributed by atoms with Gasteiger partial charge in [-0.2, -0.15) is 0 Å². The summed E-state index contributed by atoms with van der Waals surface area (Å²) in [6.07, 6.45) is 2.39. The standard InChI is InChI=1S/C31H36F2N4O7Si.H2O/c1-5-42-31(17-41-18-31)23-16-37(19-40-12-13-45(2,3)4)29-27(23)26(10-11-34-29)44-28-24(32)14-21(15-25(28)33)35-30(38)43-22-8-6-20(36-39)7-9-22;/h6-11,14-16H,5,12-13,17-19,36H2,1-4H3,(H,35,38);1H2. The van der Waals surface area contributed by atoms with Gasteiger partial charge in [0.2, 0.25) is 0 Å². The number of amides is 1. The van der Waals surface area contributed by atoms with Crippen molar-refractivity contribution in [1.29, 1.82) is 0 Å². The molecule has 1 aliphatic heterocycles. The molecule has 2 aromatic carbocycles. The van der Waals surface area contributed by atoms with Crippen molar-refractivity contribution in [2.45, 2.75) is 44.9 Å². The molecule has 0 saturated carbocycles. The highest BCUT2D eigenvalue weighted by Gasteiger charge is 2.44. The molecule has 15 heteroatoms. The molecule has 5 N–H and O–H groups in total. The molecule has 0 aliphatic carbocycles. The van der Waals surface area contributed by atoms with Crippen LogP contribution in [0, 0.1) is 16.8 Å². The van der Waals surface area contributed by atoms with E-state index in [1.54, 1.807) is 0 Å². The Balaban J connectivity index is 0.00000480. The van der Waals surface area contributed by atoms with Gasteiger partial charge >= 0.3 is 6.09 Å². The summed E-state index contributed by atoms with van der Waals surface area (Å²) < 4.78 is 61.1. The summed E-state index contributed by atoms with van der Waals surface area (Å²) in [6, 6.07) is 10.1. The van der Waals surface area contributed by atoms with Gasteiger partial charge in [0, 0.05) is 63.5 Å². The Labute approximate surface area is 265 Å². The van der Waals surface area contributed by atoms with Gasteiger partial charge in [0.1, 0.15) is 35.2 Å². The van der Waals surface area contributed by atoms with Crippen molar-refractivity contribution in [2.24, 2.45) is 0 Å². The quantitative estimate of drug-likeness (QED) is 0.0859. The Bertz CT molecular complexity index is 1640. The highest BCUT2D eigenvalue weighted by Crippen LogP contribution is 2.43. The Hall–Kier alpha value is -3.96. The lowest BCUT2D eigenvalue weighted by atomic mass is 9.91. The van der Waals surface area contributed by atoms with Crippen molar-refractivity contribution >= 4 is 36.6 Å². The molecule has 3 heterocycles. The molecule has 4 aromatic rings. The summed E-state index contributed by atoms with van der Waals surface area (Å²) in [5.74, 6) is -2.45. The monoisotopic (exact) mass is 660 g/mol. The number of rotatable bonds is 13. The number of aromatic nitrogens is 2. The van der Waals surface area contributed by atoms with Crippen LogP contribution in [0.15, 0.2) is 54.9 Å². The Morgan fingerprint density at radius 1 is 1.15 bits per heavy atom. The molecular weight excluding hydrogens is 622 g/mol. The molecule has 1 fully saturated rings. The third-order valence-electron chi connectivity index (χ3n) is 7.21. The van der Waals surface area contributed by atoms with Gasteiger partial charge in [0.05, 0.1) is 24.3 Å². The molecule has 5 rings (SSSR count). The summed E-state index contributed by atoms with van der Waals surface area (Å²) in [7, 11) is -1.30. The number of carbonyl (C=O) groups excluding carboxylic acids is 1. The van der Waals surface area contributed by atoms with Crippen LogP contribution < -0.4 is 20.3 Å². The van der Waals surface area contributed by atoms with Crippen molar-refractivity contribution in [3.8, 4) is 17.2 Å². The number of carbonyl (C=O) groups is 1.